The minimum absolute atomic E-state index is 0.227. The van der Waals surface area contributed by atoms with Crippen LogP contribution in [-0.2, 0) is 0 Å². The number of nitrogen functional groups attached to an aromatic ring is 1. The van der Waals surface area contributed by atoms with Gasteiger partial charge in [-0.25, -0.2) is 0 Å². The van der Waals surface area contributed by atoms with Crippen LogP contribution in [0.3, 0.4) is 0 Å². The Morgan fingerprint density at radius 2 is 2.20 bits per heavy atom. The van der Waals surface area contributed by atoms with Gasteiger partial charge in [0.2, 0.25) is 0 Å². The van der Waals surface area contributed by atoms with Crippen molar-refractivity contribution in [1.29, 1.82) is 0 Å². The molecule has 0 aliphatic carbocycles. The summed E-state index contributed by atoms with van der Waals surface area (Å²) >= 11 is 0. The first-order valence-corrected chi connectivity index (χ1v) is 5.45. The molecule has 2 rings (SSSR count). The van der Waals surface area contributed by atoms with Gasteiger partial charge in [0.1, 0.15) is 11.9 Å². The van der Waals surface area contributed by atoms with Gasteiger partial charge in [-0.1, -0.05) is 19.4 Å². The van der Waals surface area contributed by atoms with Gasteiger partial charge in [-0.3, -0.25) is 0 Å². The maximum atomic E-state index is 5.87. The smallest absolute Gasteiger partial charge is 0.127 e. The van der Waals surface area contributed by atoms with Crippen LogP contribution >= 0.6 is 0 Å². The average Bonchev–Trinajstić information content (AvgIpc) is 2.21. The third-order valence-electron chi connectivity index (χ3n) is 2.74. The molecular weight excluding hydrogens is 186 g/mol. The number of ether oxygens (including phenoxy) is 1. The van der Waals surface area contributed by atoms with Crippen LogP contribution in [0.2, 0.25) is 0 Å². The van der Waals surface area contributed by atoms with Crippen molar-refractivity contribution in [3.05, 3.63) is 29.3 Å². The highest BCUT2D eigenvalue weighted by molar-refractivity contribution is 5.66. The molecule has 1 heterocycles. The predicted molar refractivity (Wildman–Crippen MR) is 63.9 cm³/mol. The fourth-order valence-electron chi connectivity index (χ4n) is 1.80. The quantitative estimate of drug-likeness (QED) is 0.749. The van der Waals surface area contributed by atoms with E-state index in [4.69, 9.17) is 10.5 Å². The highest BCUT2D eigenvalue weighted by Gasteiger charge is 2.14. The van der Waals surface area contributed by atoms with Crippen molar-refractivity contribution >= 4 is 11.8 Å². The minimum Gasteiger partial charge on any atom is -0.486 e. The molecule has 2 nitrogen and oxygen atoms in total. The zero-order chi connectivity index (χ0) is 10.8. The molecular formula is C13H17NO. The van der Waals surface area contributed by atoms with E-state index in [0.717, 1.165) is 35.4 Å². The molecule has 0 bridgehead atoms. The Morgan fingerprint density at radius 3 is 2.93 bits per heavy atom. The molecule has 1 aliphatic rings. The van der Waals surface area contributed by atoms with E-state index < -0.39 is 0 Å². The Balaban J connectivity index is 2.29. The fraction of sp³-hybridized carbons (Fsp3) is 0.385. The number of hydrogen-bond acceptors (Lipinski definition) is 2. The summed E-state index contributed by atoms with van der Waals surface area (Å²) in [7, 11) is 0. The van der Waals surface area contributed by atoms with E-state index in [9.17, 15) is 0 Å². The van der Waals surface area contributed by atoms with Gasteiger partial charge in [-0.15, -0.1) is 0 Å². The summed E-state index contributed by atoms with van der Waals surface area (Å²) in [6.07, 6.45) is 6.65. The Kier molecular flexibility index (Phi) is 2.67. The summed E-state index contributed by atoms with van der Waals surface area (Å²) in [6.45, 7) is 4.17. The van der Waals surface area contributed by atoms with Gasteiger partial charge >= 0.3 is 0 Å². The lowest BCUT2D eigenvalue weighted by Crippen LogP contribution is -2.16. The minimum atomic E-state index is 0.227. The molecule has 2 N–H and O–H groups in total. The normalized spacial score (nSPS) is 18.4. The van der Waals surface area contributed by atoms with Gasteiger partial charge in [-0.2, -0.15) is 0 Å². The molecule has 1 aliphatic heterocycles. The van der Waals surface area contributed by atoms with E-state index in [-0.39, 0.29) is 6.10 Å². The molecule has 0 spiro atoms. The standard InChI is InChI=1S/C13H17NO/c1-3-4-11-6-5-10-8-12(14)9(2)7-13(10)15-11/h5-8,11H,3-4,14H2,1-2H3. The monoisotopic (exact) mass is 203 g/mol. The summed E-state index contributed by atoms with van der Waals surface area (Å²) < 4.78 is 5.87. The van der Waals surface area contributed by atoms with Crippen LogP contribution in [0.1, 0.15) is 30.9 Å². The molecule has 1 atom stereocenters. The van der Waals surface area contributed by atoms with Gasteiger partial charge in [0.25, 0.3) is 0 Å². The van der Waals surface area contributed by atoms with Gasteiger partial charge in [0.05, 0.1) is 0 Å². The summed E-state index contributed by atoms with van der Waals surface area (Å²) in [5.74, 6) is 0.961. The van der Waals surface area contributed by atoms with Gasteiger partial charge in [0.15, 0.2) is 0 Å². The molecule has 0 saturated heterocycles. The van der Waals surface area contributed by atoms with Crippen molar-refractivity contribution in [2.75, 3.05) is 5.73 Å². The van der Waals surface area contributed by atoms with Crippen LogP contribution in [0, 0.1) is 6.92 Å². The van der Waals surface area contributed by atoms with Crippen molar-refractivity contribution in [1.82, 2.24) is 0 Å². The third-order valence-corrected chi connectivity index (χ3v) is 2.74. The topological polar surface area (TPSA) is 35.2 Å². The summed E-state index contributed by atoms with van der Waals surface area (Å²) in [6, 6.07) is 4.00. The Labute approximate surface area is 90.7 Å². The molecule has 0 aromatic heterocycles. The van der Waals surface area contributed by atoms with Crippen LogP contribution in [0.15, 0.2) is 18.2 Å². The van der Waals surface area contributed by atoms with Crippen molar-refractivity contribution in [3.63, 3.8) is 0 Å². The molecule has 2 heteroatoms. The maximum absolute atomic E-state index is 5.87. The van der Waals surface area contributed by atoms with Crippen LogP contribution in [0.4, 0.5) is 5.69 Å². The van der Waals surface area contributed by atoms with Crippen molar-refractivity contribution in [2.45, 2.75) is 32.8 Å². The van der Waals surface area contributed by atoms with E-state index in [0.29, 0.717) is 0 Å². The number of benzene rings is 1. The SMILES string of the molecule is CCCC1C=Cc2cc(N)c(C)cc2O1. The molecule has 1 aromatic carbocycles. The largest absolute Gasteiger partial charge is 0.486 e. The average molecular weight is 203 g/mol. The van der Waals surface area contributed by atoms with Crippen LogP contribution in [0.5, 0.6) is 5.75 Å². The second kappa shape index (κ2) is 3.97. The fourth-order valence-corrected chi connectivity index (χ4v) is 1.80. The second-order valence-electron chi connectivity index (χ2n) is 4.05. The van der Waals surface area contributed by atoms with Crippen molar-refractivity contribution < 1.29 is 4.74 Å². The molecule has 1 unspecified atom stereocenters. The highest BCUT2D eigenvalue weighted by atomic mass is 16.5. The van der Waals surface area contributed by atoms with Crippen molar-refractivity contribution in [2.24, 2.45) is 0 Å². The number of nitrogens with two attached hydrogens (primary N) is 1. The lowest BCUT2D eigenvalue weighted by atomic mass is 10.0. The molecule has 80 valence electrons. The number of anilines is 1. The molecule has 0 saturated carbocycles. The summed E-state index contributed by atoms with van der Waals surface area (Å²) in [5, 5.41) is 0. The summed E-state index contributed by atoms with van der Waals surface area (Å²) in [5.41, 5.74) is 8.85. The molecule has 15 heavy (non-hydrogen) atoms. The first kappa shape index (κ1) is 10.1. The number of hydrogen-bond donors (Lipinski definition) is 1. The molecule has 1 aromatic rings. The Bertz CT molecular complexity index is 396. The Hall–Kier alpha value is -1.44. The lowest BCUT2D eigenvalue weighted by Gasteiger charge is -2.22. The van der Waals surface area contributed by atoms with E-state index in [2.05, 4.69) is 19.1 Å². The highest BCUT2D eigenvalue weighted by Crippen LogP contribution is 2.31. The zero-order valence-corrected chi connectivity index (χ0v) is 9.29. The van der Waals surface area contributed by atoms with Crippen LogP contribution < -0.4 is 10.5 Å². The van der Waals surface area contributed by atoms with Crippen molar-refractivity contribution in [3.8, 4) is 5.75 Å². The van der Waals surface area contributed by atoms with Crippen LogP contribution in [-0.4, -0.2) is 6.10 Å². The molecule has 0 radical (unpaired) electrons. The third kappa shape index (κ3) is 1.99. The van der Waals surface area contributed by atoms with Gasteiger partial charge in [-0.05, 0) is 37.1 Å². The number of rotatable bonds is 2. The first-order valence-electron chi connectivity index (χ1n) is 5.45. The maximum Gasteiger partial charge on any atom is 0.127 e. The van der Waals surface area contributed by atoms with E-state index in [1.54, 1.807) is 0 Å². The number of fused-ring (bicyclic) bond motifs is 1. The Morgan fingerprint density at radius 1 is 1.40 bits per heavy atom. The van der Waals surface area contributed by atoms with E-state index in [1.165, 1.54) is 0 Å². The lowest BCUT2D eigenvalue weighted by molar-refractivity contribution is 0.234. The van der Waals surface area contributed by atoms with Gasteiger partial charge < -0.3 is 10.5 Å². The predicted octanol–water partition coefficient (Wildman–Crippen LogP) is 3.15. The summed E-state index contributed by atoms with van der Waals surface area (Å²) in [4.78, 5) is 0. The first-order chi connectivity index (χ1) is 7.20. The zero-order valence-electron chi connectivity index (χ0n) is 9.29. The van der Waals surface area contributed by atoms with E-state index in [1.807, 2.05) is 19.1 Å². The van der Waals surface area contributed by atoms with Gasteiger partial charge in [0, 0.05) is 11.3 Å². The number of aryl methyl sites for hydroxylation is 1. The second-order valence-corrected chi connectivity index (χ2v) is 4.05. The molecule has 0 amide bonds. The molecule has 0 fully saturated rings. The van der Waals surface area contributed by atoms with E-state index >= 15 is 0 Å². The van der Waals surface area contributed by atoms with Crippen LogP contribution in [0.25, 0.3) is 6.08 Å².